The van der Waals surface area contributed by atoms with Crippen LogP contribution in [0.15, 0.2) is 224 Å². The van der Waals surface area contributed by atoms with Crippen LogP contribution in [0.25, 0.3) is 67.0 Å². The molecule has 55 heavy (non-hydrogen) atoms. The average Bonchev–Trinajstić information content (AvgIpc) is 3.58. The van der Waals surface area contributed by atoms with Gasteiger partial charge in [-0.2, -0.15) is 0 Å². The second-order valence-corrected chi connectivity index (χ2v) is 14.3. The average molecular weight is 700 g/mol. The number of fused-ring (bicyclic) bond motifs is 3. The molecule has 1 aromatic heterocycles. The third-order valence-corrected chi connectivity index (χ3v) is 11.2. The van der Waals surface area contributed by atoms with Crippen molar-refractivity contribution in [3.8, 4) is 67.0 Å². The Morgan fingerprint density at radius 3 is 1.33 bits per heavy atom. The minimum Gasteiger partial charge on any atom is -0.248 e. The van der Waals surface area contributed by atoms with Crippen molar-refractivity contribution < 1.29 is 0 Å². The van der Waals surface area contributed by atoms with Gasteiger partial charge in [-0.25, -0.2) is 4.98 Å². The molecule has 9 aromatic rings. The van der Waals surface area contributed by atoms with Gasteiger partial charge in [0.25, 0.3) is 0 Å². The number of nitrogens with zero attached hydrogens (tertiary/aromatic N) is 1. The summed E-state index contributed by atoms with van der Waals surface area (Å²) in [6, 6.07) is 81.2. The first kappa shape index (κ1) is 32.6. The Kier molecular flexibility index (Phi) is 8.12. The van der Waals surface area contributed by atoms with Gasteiger partial charge >= 0.3 is 0 Å². The van der Waals surface area contributed by atoms with Crippen LogP contribution in [-0.4, -0.2) is 4.98 Å². The molecular weight excluding hydrogens is 663 g/mol. The van der Waals surface area contributed by atoms with Crippen LogP contribution in [0.2, 0.25) is 0 Å². The van der Waals surface area contributed by atoms with Gasteiger partial charge in [0.2, 0.25) is 0 Å². The summed E-state index contributed by atoms with van der Waals surface area (Å²) in [6.07, 6.45) is 0. The predicted molar refractivity (Wildman–Crippen MR) is 229 cm³/mol. The molecule has 258 valence electrons. The fraction of sp³-hybridized carbons (Fsp3) is 0.0185. The standard InChI is InChI=1S/C54H37N/c1-5-16-38(17-6-1)45-36-52(41-18-7-2-8-19-41)55-53(37-45)44-21-15-20-42(34-44)39-28-30-40(31-29-39)43-32-33-49-48-26-13-14-27-50(48)54(51(49)35-43,46-22-9-3-10-23-46)47-24-11-4-12-25-47/h1-37H. The summed E-state index contributed by atoms with van der Waals surface area (Å²) < 4.78 is 0. The highest BCUT2D eigenvalue weighted by atomic mass is 14.7. The lowest BCUT2D eigenvalue weighted by atomic mass is 9.67. The van der Waals surface area contributed by atoms with Crippen LogP contribution < -0.4 is 0 Å². The van der Waals surface area contributed by atoms with Crippen molar-refractivity contribution in [1.29, 1.82) is 0 Å². The maximum absolute atomic E-state index is 5.19. The Morgan fingerprint density at radius 2 is 0.691 bits per heavy atom. The zero-order chi connectivity index (χ0) is 36.6. The van der Waals surface area contributed by atoms with Crippen LogP contribution in [-0.2, 0) is 5.41 Å². The highest BCUT2D eigenvalue weighted by Gasteiger charge is 2.46. The van der Waals surface area contributed by atoms with E-state index in [9.17, 15) is 0 Å². The molecular formula is C54H37N. The van der Waals surface area contributed by atoms with E-state index in [0.717, 1.165) is 33.6 Å². The lowest BCUT2D eigenvalue weighted by Gasteiger charge is -2.34. The Hall–Kier alpha value is -7.09. The van der Waals surface area contributed by atoms with Crippen molar-refractivity contribution in [3.05, 3.63) is 247 Å². The van der Waals surface area contributed by atoms with Gasteiger partial charge < -0.3 is 0 Å². The predicted octanol–water partition coefficient (Wildman–Crippen LogP) is 13.8. The molecule has 1 heteroatoms. The van der Waals surface area contributed by atoms with Gasteiger partial charge in [-0.05, 0) is 91.0 Å². The number of hydrogen-bond donors (Lipinski definition) is 0. The van der Waals surface area contributed by atoms with Crippen LogP contribution in [0.5, 0.6) is 0 Å². The van der Waals surface area contributed by atoms with E-state index in [1.807, 2.05) is 6.07 Å². The Bertz CT molecular complexity index is 2670. The number of benzene rings is 8. The van der Waals surface area contributed by atoms with Crippen LogP contribution in [0.1, 0.15) is 22.3 Å². The molecule has 1 heterocycles. The van der Waals surface area contributed by atoms with Gasteiger partial charge in [-0.15, -0.1) is 0 Å². The highest BCUT2D eigenvalue weighted by molar-refractivity contribution is 5.89. The smallest absolute Gasteiger partial charge is 0.0715 e. The Labute approximate surface area is 322 Å². The van der Waals surface area contributed by atoms with Gasteiger partial charge in [-0.3, -0.25) is 0 Å². The number of hydrogen-bond acceptors (Lipinski definition) is 1. The topological polar surface area (TPSA) is 12.9 Å². The number of rotatable bonds is 7. The second kappa shape index (κ2) is 13.7. The number of pyridine rings is 1. The van der Waals surface area contributed by atoms with Gasteiger partial charge in [0.15, 0.2) is 0 Å². The molecule has 0 bridgehead atoms. The summed E-state index contributed by atoms with van der Waals surface area (Å²) in [5.41, 5.74) is 18.6. The lowest BCUT2D eigenvalue weighted by molar-refractivity contribution is 0.769. The molecule has 0 N–H and O–H groups in total. The molecule has 10 rings (SSSR count). The fourth-order valence-electron chi connectivity index (χ4n) is 8.57. The third kappa shape index (κ3) is 5.69. The first-order valence-corrected chi connectivity index (χ1v) is 19.0. The molecule has 0 unspecified atom stereocenters. The van der Waals surface area contributed by atoms with E-state index in [-0.39, 0.29) is 0 Å². The van der Waals surface area contributed by atoms with Crippen LogP contribution in [0.4, 0.5) is 0 Å². The van der Waals surface area contributed by atoms with E-state index < -0.39 is 5.41 Å². The normalized spacial score (nSPS) is 12.5. The van der Waals surface area contributed by atoms with Gasteiger partial charge in [0.1, 0.15) is 0 Å². The van der Waals surface area contributed by atoms with Crippen molar-refractivity contribution in [2.24, 2.45) is 0 Å². The quantitative estimate of drug-likeness (QED) is 0.161. The molecule has 0 radical (unpaired) electrons. The SMILES string of the molecule is c1ccc(-c2cc(-c3ccccc3)nc(-c3cccc(-c4ccc(-c5ccc6c(c5)C(c5ccccc5)(c5ccccc5)c5ccccc5-6)cc4)c3)c2)cc1. The van der Waals surface area contributed by atoms with Crippen molar-refractivity contribution in [3.63, 3.8) is 0 Å². The van der Waals surface area contributed by atoms with E-state index in [4.69, 9.17) is 4.98 Å². The lowest BCUT2D eigenvalue weighted by Crippen LogP contribution is -2.28. The van der Waals surface area contributed by atoms with Crippen LogP contribution in [0, 0.1) is 0 Å². The molecule has 0 atom stereocenters. The zero-order valence-corrected chi connectivity index (χ0v) is 30.3. The molecule has 0 fully saturated rings. The molecule has 1 aliphatic carbocycles. The van der Waals surface area contributed by atoms with Crippen molar-refractivity contribution in [2.45, 2.75) is 5.41 Å². The summed E-state index contributed by atoms with van der Waals surface area (Å²) in [5, 5.41) is 0. The Morgan fingerprint density at radius 1 is 0.255 bits per heavy atom. The monoisotopic (exact) mass is 699 g/mol. The molecule has 1 aliphatic rings. The minimum absolute atomic E-state index is 0.420. The van der Waals surface area contributed by atoms with E-state index in [1.54, 1.807) is 0 Å². The van der Waals surface area contributed by atoms with E-state index >= 15 is 0 Å². The third-order valence-electron chi connectivity index (χ3n) is 11.2. The molecule has 0 amide bonds. The zero-order valence-electron chi connectivity index (χ0n) is 30.3. The highest BCUT2D eigenvalue weighted by Crippen LogP contribution is 2.56. The van der Waals surface area contributed by atoms with Gasteiger partial charge in [-0.1, -0.05) is 200 Å². The molecule has 0 saturated heterocycles. The largest absolute Gasteiger partial charge is 0.248 e. The van der Waals surface area contributed by atoms with Crippen molar-refractivity contribution >= 4 is 0 Å². The van der Waals surface area contributed by atoms with Crippen LogP contribution in [0.3, 0.4) is 0 Å². The summed E-state index contributed by atoms with van der Waals surface area (Å²) in [5.74, 6) is 0. The summed E-state index contributed by atoms with van der Waals surface area (Å²) in [4.78, 5) is 5.19. The molecule has 1 nitrogen and oxygen atoms in total. The van der Waals surface area contributed by atoms with Gasteiger partial charge in [0, 0.05) is 11.1 Å². The first-order chi connectivity index (χ1) is 27.3. The molecule has 8 aromatic carbocycles. The van der Waals surface area contributed by atoms with Crippen LogP contribution >= 0.6 is 0 Å². The van der Waals surface area contributed by atoms with Crippen molar-refractivity contribution in [2.75, 3.05) is 0 Å². The molecule has 0 spiro atoms. The number of aromatic nitrogens is 1. The molecule has 0 saturated carbocycles. The maximum atomic E-state index is 5.19. The maximum Gasteiger partial charge on any atom is 0.0715 e. The second-order valence-electron chi connectivity index (χ2n) is 14.3. The van der Waals surface area contributed by atoms with E-state index in [0.29, 0.717) is 0 Å². The first-order valence-electron chi connectivity index (χ1n) is 19.0. The van der Waals surface area contributed by atoms with Gasteiger partial charge in [0.05, 0.1) is 16.8 Å². The van der Waals surface area contributed by atoms with Crippen molar-refractivity contribution in [1.82, 2.24) is 4.98 Å². The fourth-order valence-corrected chi connectivity index (χ4v) is 8.57. The van der Waals surface area contributed by atoms with E-state index in [2.05, 4.69) is 218 Å². The van der Waals surface area contributed by atoms with E-state index in [1.165, 1.54) is 55.6 Å². The summed E-state index contributed by atoms with van der Waals surface area (Å²) >= 11 is 0. The summed E-state index contributed by atoms with van der Waals surface area (Å²) in [7, 11) is 0. The Balaban J connectivity index is 1.04. The minimum atomic E-state index is -0.420. The summed E-state index contributed by atoms with van der Waals surface area (Å²) in [6.45, 7) is 0. The molecule has 0 aliphatic heterocycles.